The number of nitro benzene ring substituents is 1. The molecular formula is C13H19NO4Si. The summed E-state index contributed by atoms with van der Waals surface area (Å²) < 4.78 is 5.94. The van der Waals surface area contributed by atoms with E-state index in [1.165, 1.54) is 6.07 Å². The topological polar surface area (TPSA) is 69.4 Å². The molecule has 0 saturated heterocycles. The van der Waals surface area contributed by atoms with Crippen LogP contribution in [0.3, 0.4) is 0 Å². The van der Waals surface area contributed by atoms with E-state index in [-0.39, 0.29) is 22.0 Å². The lowest BCUT2D eigenvalue weighted by Gasteiger charge is -2.36. The summed E-state index contributed by atoms with van der Waals surface area (Å²) in [5.41, 5.74) is -0.205. The molecule has 1 aromatic rings. The molecule has 0 fully saturated rings. The van der Waals surface area contributed by atoms with Gasteiger partial charge in [0.25, 0.3) is 8.32 Å². The lowest BCUT2D eigenvalue weighted by atomic mass is 10.2. The lowest BCUT2D eigenvalue weighted by Crippen LogP contribution is -2.44. The second-order valence-electron chi connectivity index (χ2n) is 5.93. The SMILES string of the molecule is CC(C)(C)[Si](C)(C)Oc1cccc(C=O)c1[N+](=O)[O-]. The number of nitro groups is 1. The fourth-order valence-corrected chi connectivity index (χ4v) is 2.36. The monoisotopic (exact) mass is 281 g/mol. The molecule has 0 aromatic heterocycles. The third-order valence-corrected chi connectivity index (χ3v) is 7.85. The maximum Gasteiger partial charge on any atom is 0.319 e. The summed E-state index contributed by atoms with van der Waals surface area (Å²) >= 11 is 0. The first-order valence-corrected chi connectivity index (χ1v) is 8.92. The Morgan fingerprint density at radius 3 is 2.32 bits per heavy atom. The second kappa shape index (κ2) is 5.12. The molecule has 1 aromatic carbocycles. The van der Waals surface area contributed by atoms with Crippen LogP contribution in [0.4, 0.5) is 5.69 Å². The van der Waals surface area contributed by atoms with Crippen LogP contribution in [0.2, 0.25) is 18.1 Å². The average molecular weight is 281 g/mol. The predicted molar refractivity (Wildman–Crippen MR) is 76.3 cm³/mol. The predicted octanol–water partition coefficient (Wildman–Crippen LogP) is 3.79. The zero-order valence-corrected chi connectivity index (χ0v) is 12.9. The Morgan fingerprint density at radius 1 is 1.32 bits per heavy atom. The van der Waals surface area contributed by atoms with Gasteiger partial charge in [-0.1, -0.05) is 26.8 Å². The molecule has 0 saturated carbocycles. The van der Waals surface area contributed by atoms with Crippen LogP contribution in [0.1, 0.15) is 31.1 Å². The molecule has 0 radical (unpaired) electrons. The van der Waals surface area contributed by atoms with Crippen LogP contribution < -0.4 is 4.43 Å². The summed E-state index contributed by atoms with van der Waals surface area (Å²) in [5.74, 6) is 0.182. The molecule has 6 heteroatoms. The number of benzene rings is 1. The molecule has 0 atom stereocenters. The zero-order valence-electron chi connectivity index (χ0n) is 11.9. The smallest absolute Gasteiger partial charge is 0.319 e. The van der Waals surface area contributed by atoms with Gasteiger partial charge in [-0.3, -0.25) is 14.9 Å². The largest absolute Gasteiger partial charge is 0.539 e. The minimum atomic E-state index is -2.18. The van der Waals surface area contributed by atoms with E-state index in [2.05, 4.69) is 20.8 Å². The number of hydrogen-bond acceptors (Lipinski definition) is 4. The van der Waals surface area contributed by atoms with Crippen molar-refractivity contribution in [2.45, 2.75) is 38.9 Å². The first-order chi connectivity index (χ1) is 8.60. The molecule has 1 rings (SSSR count). The van der Waals surface area contributed by atoms with Crippen molar-refractivity contribution >= 4 is 20.3 Å². The van der Waals surface area contributed by atoms with Crippen molar-refractivity contribution < 1.29 is 14.1 Å². The van der Waals surface area contributed by atoms with E-state index >= 15 is 0 Å². The summed E-state index contributed by atoms with van der Waals surface area (Å²) in [6.07, 6.45) is 0.483. The maximum absolute atomic E-state index is 11.1. The summed E-state index contributed by atoms with van der Waals surface area (Å²) in [7, 11) is -2.18. The molecule has 0 unspecified atom stereocenters. The van der Waals surface area contributed by atoms with E-state index in [4.69, 9.17) is 4.43 Å². The number of rotatable bonds is 4. The van der Waals surface area contributed by atoms with Gasteiger partial charge < -0.3 is 4.43 Å². The summed E-state index contributed by atoms with van der Waals surface area (Å²) in [5, 5.41) is 11.0. The fourth-order valence-electron chi connectivity index (χ4n) is 1.34. The van der Waals surface area contributed by atoms with Gasteiger partial charge in [0.05, 0.1) is 10.5 Å². The molecule has 0 spiro atoms. The summed E-state index contributed by atoms with van der Waals surface area (Å²) in [4.78, 5) is 21.5. The van der Waals surface area contributed by atoms with E-state index in [9.17, 15) is 14.9 Å². The van der Waals surface area contributed by atoms with Gasteiger partial charge in [-0.15, -0.1) is 0 Å². The summed E-state index contributed by atoms with van der Waals surface area (Å²) in [6.45, 7) is 10.2. The van der Waals surface area contributed by atoms with Crippen LogP contribution in [-0.4, -0.2) is 19.5 Å². The van der Waals surface area contributed by atoms with E-state index in [1.807, 2.05) is 13.1 Å². The Morgan fingerprint density at radius 2 is 1.89 bits per heavy atom. The Balaban J connectivity index is 3.30. The first-order valence-electron chi connectivity index (χ1n) is 6.02. The van der Waals surface area contributed by atoms with Gasteiger partial charge in [0.15, 0.2) is 12.0 Å². The highest BCUT2D eigenvalue weighted by atomic mass is 28.4. The normalized spacial score (nSPS) is 12.1. The number of carbonyl (C=O) groups is 1. The molecule has 104 valence electrons. The van der Waals surface area contributed by atoms with Crippen molar-refractivity contribution in [1.29, 1.82) is 0 Å². The van der Waals surface area contributed by atoms with Crippen molar-refractivity contribution in [3.05, 3.63) is 33.9 Å². The molecule has 0 aliphatic heterocycles. The van der Waals surface area contributed by atoms with E-state index in [1.54, 1.807) is 12.1 Å². The summed E-state index contributed by atoms with van der Waals surface area (Å²) in [6, 6.07) is 4.56. The molecule has 0 N–H and O–H groups in total. The van der Waals surface area contributed by atoms with Crippen LogP contribution in [0.25, 0.3) is 0 Å². The van der Waals surface area contributed by atoms with Gasteiger partial charge in [-0.2, -0.15) is 0 Å². The van der Waals surface area contributed by atoms with Gasteiger partial charge >= 0.3 is 5.69 Å². The Bertz CT molecular complexity index is 506. The molecule has 0 heterocycles. The van der Waals surface area contributed by atoms with Gasteiger partial charge in [0, 0.05) is 0 Å². The number of para-hydroxylation sites is 1. The molecule has 0 bridgehead atoms. The van der Waals surface area contributed by atoms with Gasteiger partial charge in [0.1, 0.15) is 0 Å². The standard InChI is InChI=1S/C13H19NO4Si/c1-13(2,3)19(4,5)18-11-8-6-7-10(9-15)12(11)14(16)17/h6-9H,1-5H3. The Kier molecular flexibility index (Phi) is 4.14. The second-order valence-corrected chi connectivity index (χ2v) is 10.7. The fraction of sp³-hybridized carbons (Fsp3) is 0.462. The van der Waals surface area contributed by atoms with Crippen LogP contribution in [-0.2, 0) is 0 Å². The van der Waals surface area contributed by atoms with Gasteiger partial charge in [-0.05, 0) is 30.3 Å². The minimum absolute atomic E-state index is 0.0428. The van der Waals surface area contributed by atoms with E-state index in [0.29, 0.717) is 6.29 Å². The van der Waals surface area contributed by atoms with Crippen molar-refractivity contribution in [2.75, 3.05) is 0 Å². The molecule has 19 heavy (non-hydrogen) atoms. The van der Waals surface area contributed by atoms with Crippen molar-refractivity contribution in [2.24, 2.45) is 0 Å². The minimum Gasteiger partial charge on any atom is -0.539 e. The van der Waals surface area contributed by atoms with Crippen LogP contribution in [0.5, 0.6) is 5.75 Å². The number of hydrogen-bond donors (Lipinski definition) is 0. The highest BCUT2D eigenvalue weighted by Crippen LogP contribution is 2.40. The quantitative estimate of drug-likeness (QED) is 0.364. The lowest BCUT2D eigenvalue weighted by molar-refractivity contribution is -0.385. The number of carbonyl (C=O) groups excluding carboxylic acids is 1. The average Bonchev–Trinajstić information content (AvgIpc) is 2.26. The molecule has 0 aliphatic rings. The molecule has 5 nitrogen and oxygen atoms in total. The maximum atomic E-state index is 11.1. The molecule has 0 amide bonds. The van der Waals surface area contributed by atoms with Gasteiger partial charge in [-0.25, -0.2) is 0 Å². The molecule has 0 aliphatic carbocycles. The van der Waals surface area contributed by atoms with Crippen molar-refractivity contribution in [3.63, 3.8) is 0 Å². The van der Waals surface area contributed by atoms with Crippen molar-refractivity contribution in [1.82, 2.24) is 0 Å². The Hall–Kier alpha value is -1.69. The highest BCUT2D eigenvalue weighted by molar-refractivity contribution is 6.74. The third-order valence-electron chi connectivity index (χ3n) is 3.51. The Labute approximate surface area is 113 Å². The van der Waals surface area contributed by atoms with Crippen LogP contribution in [0.15, 0.2) is 18.2 Å². The number of nitrogens with zero attached hydrogens (tertiary/aromatic N) is 1. The first kappa shape index (κ1) is 15.4. The van der Waals surface area contributed by atoms with Crippen LogP contribution >= 0.6 is 0 Å². The van der Waals surface area contributed by atoms with Crippen molar-refractivity contribution in [3.8, 4) is 5.75 Å². The van der Waals surface area contributed by atoms with Crippen LogP contribution in [0, 0.1) is 10.1 Å². The third kappa shape index (κ3) is 3.20. The van der Waals surface area contributed by atoms with E-state index in [0.717, 1.165) is 0 Å². The van der Waals surface area contributed by atoms with E-state index < -0.39 is 13.2 Å². The van der Waals surface area contributed by atoms with Gasteiger partial charge in [0.2, 0.25) is 0 Å². The molecular weight excluding hydrogens is 262 g/mol. The number of aldehydes is 1. The highest BCUT2D eigenvalue weighted by Gasteiger charge is 2.40. The zero-order chi connectivity index (χ0) is 14.8.